The molecular formula is C39H56ClN5O8. The summed E-state index contributed by atoms with van der Waals surface area (Å²) in [6.45, 7) is 9.71. The number of methoxy groups -OCH3 is 1. The van der Waals surface area contributed by atoms with Crippen LogP contribution < -0.4 is 25.4 Å². The second kappa shape index (κ2) is 17.1. The molecule has 1 saturated heterocycles. The van der Waals surface area contributed by atoms with Gasteiger partial charge in [0.1, 0.15) is 23.6 Å². The van der Waals surface area contributed by atoms with Crippen molar-refractivity contribution in [3.63, 3.8) is 0 Å². The molecule has 3 fully saturated rings. The van der Waals surface area contributed by atoms with Gasteiger partial charge < -0.3 is 35.2 Å². The number of rotatable bonds is 15. The number of carbonyl (C=O) groups is 5. The highest BCUT2D eigenvalue weighted by Gasteiger charge is 2.56. The maximum absolute atomic E-state index is 14.7. The van der Waals surface area contributed by atoms with Crippen molar-refractivity contribution in [3.05, 3.63) is 22.7 Å². The van der Waals surface area contributed by atoms with Gasteiger partial charge in [-0.2, -0.15) is 0 Å². The lowest BCUT2D eigenvalue weighted by molar-refractivity contribution is -0.145. The van der Waals surface area contributed by atoms with E-state index in [1.165, 1.54) is 18.4 Å². The van der Waals surface area contributed by atoms with Gasteiger partial charge in [-0.15, -0.1) is 0 Å². The van der Waals surface area contributed by atoms with E-state index in [0.717, 1.165) is 38.5 Å². The van der Waals surface area contributed by atoms with Gasteiger partial charge in [0.15, 0.2) is 5.60 Å². The molecule has 4 atom stereocenters. The minimum atomic E-state index is -1.11. The average Bonchev–Trinajstić information content (AvgIpc) is 3.71. The first-order valence-electron chi connectivity index (χ1n) is 19.2. The summed E-state index contributed by atoms with van der Waals surface area (Å²) in [6.07, 6.45) is 8.36. The minimum absolute atomic E-state index is 0.00952. The minimum Gasteiger partial charge on any atom is -0.495 e. The second-order valence-corrected chi connectivity index (χ2v) is 16.5. The lowest BCUT2D eigenvalue weighted by Gasteiger charge is -2.36. The predicted octanol–water partition coefficient (Wildman–Crippen LogP) is 4.85. The van der Waals surface area contributed by atoms with Crippen LogP contribution in [0, 0.1) is 11.3 Å². The Kier molecular flexibility index (Phi) is 13.0. The zero-order valence-corrected chi connectivity index (χ0v) is 32.7. The van der Waals surface area contributed by atoms with Gasteiger partial charge in [-0.3, -0.25) is 24.0 Å². The molecule has 14 heteroatoms. The van der Waals surface area contributed by atoms with Crippen molar-refractivity contribution in [3.8, 4) is 11.5 Å². The first-order valence-corrected chi connectivity index (χ1v) is 19.6. The number of carbonyl (C=O) groups excluding carboxylic acids is 5. The molecule has 0 radical (unpaired) electrons. The molecule has 53 heavy (non-hydrogen) atoms. The van der Waals surface area contributed by atoms with Crippen LogP contribution in [0.15, 0.2) is 17.3 Å². The van der Waals surface area contributed by atoms with E-state index in [0.29, 0.717) is 47.2 Å². The second-order valence-electron chi connectivity index (χ2n) is 16.1. The summed E-state index contributed by atoms with van der Waals surface area (Å²) < 4.78 is 11.3. The van der Waals surface area contributed by atoms with Crippen LogP contribution in [0.1, 0.15) is 117 Å². The monoisotopic (exact) mass is 757 g/mol. The summed E-state index contributed by atoms with van der Waals surface area (Å²) in [5, 5.41) is 13.4. The van der Waals surface area contributed by atoms with E-state index in [4.69, 9.17) is 25.9 Å². The van der Waals surface area contributed by atoms with Crippen LogP contribution in [-0.2, 0) is 28.8 Å². The molecule has 2 heterocycles. The molecule has 4 aliphatic rings. The largest absolute Gasteiger partial charge is 0.495 e. The highest BCUT2D eigenvalue weighted by Crippen LogP contribution is 2.43. The number of ether oxygens (including phenoxy) is 2. The standard InChI is InChI=1S/C39H56ClN5O8/c1-7-12-27(33(47)36(49)41-24-15-16-24)42-35(48)29-21-39(20-28(44-53-39)25-18-26(40)31(51-6)19-30(25)52-8-2)22-45(29)37(50)34(38(3,4)5)43-32(46)17-23-13-10-9-11-14-23/h18-19,23-24,27,29,34H,7-17,20-22H2,1-6H3,(H,41,49)(H,42,48)(H,43,46)/t27-,29-,34+,39+/m0/s1. The van der Waals surface area contributed by atoms with Crippen LogP contribution in [0.4, 0.5) is 0 Å². The van der Waals surface area contributed by atoms with Crippen LogP contribution in [0.25, 0.3) is 0 Å². The van der Waals surface area contributed by atoms with Gasteiger partial charge in [0.2, 0.25) is 23.5 Å². The number of likely N-dealkylation sites (tertiary alicyclic amines) is 1. The molecule has 2 aliphatic heterocycles. The molecule has 292 valence electrons. The molecule has 1 spiro atoms. The van der Waals surface area contributed by atoms with E-state index >= 15 is 0 Å². The fourth-order valence-electron chi connectivity index (χ4n) is 7.62. The van der Waals surface area contributed by atoms with E-state index < -0.39 is 52.6 Å². The van der Waals surface area contributed by atoms with Gasteiger partial charge >= 0.3 is 0 Å². The quantitative estimate of drug-likeness (QED) is 0.214. The van der Waals surface area contributed by atoms with Crippen LogP contribution in [0.2, 0.25) is 5.02 Å². The smallest absolute Gasteiger partial charge is 0.289 e. The average molecular weight is 758 g/mol. The van der Waals surface area contributed by atoms with Crippen LogP contribution in [0.3, 0.4) is 0 Å². The van der Waals surface area contributed by atoms with Crippen molar-refractivity contribution in [1.29, 1.82) is 0 Å². The molecule has 3 N–H and O–H groups in total. The van der Waals surface area contributed by atoms with Crippen LogP contribution in [-0.4, -0.2) is 90.1 Å². The predicted molar refractivity (Wildman–Crippen MR) is 200 cm³/mol. The van der Waals surface area contributed by atoms with Crippen molar-refractivity contribution in [2.75, 3.05) is 20.3 Å². The summed E-state index contributed by atoms with van der Waals surface area (Å²) in [4.78, 5) is 76.1. The molecule has 5 rings (SSSR count). The molecule has 2 saturated carbocycles. The van der Waals surface area contributed by atoms with E-state index in [9.17, 15) is 24.0 Å². The number of nitrogens with zero attached hydrogens (tertiary/aromatic N) is 2. The highest BCUT2D eigenvalue weighted by atomic mass is 35.5. The summed E-state index contributed by atoms with van der Waals surface area (Å²) in [5.41, 5.74) is -0.693. The van der Waals surface area contributed by atoms with Crippen molar-refractivity contribution >= 4 is 46.7 Å². The lowest BCUT2D eigenvalue weighted by Crippen LogP contribution is -2.59. The number of benzene rings is 1. The fraction of sp³-hybridized carbons (Fsp3) is 0.692. The first kappa shape index (κ1) is 40.3. The Bertz CT molecular complexity index is 1580. The molecule has 0 unspecified atom stereocenters. The van der Waals surface area contributed by atoms with Gasteiger partial charge in [0, 0.05) is 36.9 Å². The van der Waals surface area contributed by atoms with E-state index in [1.54, 1.807) is 12.1 Å². The number of halogens is 1. The number of ketones is 1. The SMILES string of the molecule is CCC[C@H](NC(=O)[C@@H]1C[C@]2(CC(c3cc(Cl)c(OC)cc3OCC)=NO2)CN1C(=O)[C@@H](NC(=O)CC1CCCCC1)C(C)(C)C)C(=O)C(=O)NC1CC1. The molecule has 13 nitrogen and oxygen atoms in total. The third kappa shape index (κ3) is 9.82. The molecule has 1 aromatic carbocycles. The Morgan fingerprint density at radius 1 is 1.04 bits per heavy atom. The number of Topliss-reactive ketones (excluding diaryl/α,β-unsaturated/α-hetero) is 1. The van der Waals surface area contributed by atoms with Gasteiger partial charge in [-0.1, -0.05) is 70.1 Å². The van der Waals surface area contributed by atoms with Gasteiger partial charge in [0.25, 0.3) is 5.91 Å². The van der Waals surface area contributed by atoms with Crippen molar-refractivity contribution < 1.29 is 38.3 Å². The van der Waals surface area contributed by atoms with E-state index in [2.05, 4.69) is 21.1 Å². The first-order chi connectivity index (χ1) is 25.2. The summed E-state index contributed by atoms with van der Waals surface area (Å²) in [6, 6.07) is 0.255. The number of oxime groups is 1. The number of nitrogens with one attached hydrogen (secondary N) is 3. The normalized spacial score (nSPS) is 22.7. The third-order valence-electron chi connectivity index (χ3n) is 10.7. The Hall–Kier alpha value is -3.87. The third-order valence-corrected chi connectivity index (χ3v) is 10.9. The fourth-order valence-corrected chi connectivity index (χ4v) is 7.86. The maximum atomic E-state index is 14.7. The Morgan fingerprint density at radius 3 is 2.38 bits per heavy atom. The van der Waals surface area contributed by atoms with Gasteiger partial charge in [0.05, 0.1) is 37.0 Å². The topological polar surface area (TPSA) is 165 Å². The van der Waals surface area contributed by atoms with Crippen LogP contribution >= 0.6 is 11.6 Å². The van der Waals surface area contributed by atoms with E-state index in [-0.39, 0.29) is 43.7 Å². The summed E-state index contributed by atoms with van der Waals surface area (Å²) >= 11 is 6.52. The summed E-state index contributed by atoms with van der Waals surface area (Å²) in [7, 11) is 1.51. The van der Waals surface area contributed by atoms with Crippen molar-refractivity contribution in [2.24, 2.45) is 16.5 Å². The number of hydrogen-bond donors (Lipinski definition) is 3. The Morgan fingerprint density at radius 2 is 1.75 bits per heavy atom. The Labute approximate surface area is 317 Å². The zero-order chi connectivity index (χ0) is 38.5. The zero-order valence-electron chi connectivity index (χ0n) is 32.0. The molecule has 4 amide bonds. The number of amides is 4. The molecule has 1 aromatic rings. The summed E-state index contributed by atoms with van der Waals surface area (Å²) in [5.74, 6) is -1.46. The van der Waals surface area contributed by atoms with Crippen LogP contribution in [0.5, 0.6) is 11.5 Å². The molecule has 2 aliphatic carbocycles. The maximum Gasteiger partial charge on any atom is 0.289 e. The highest BCUT2D eigenvalue weighted by molar-refractivity contribution is 6.38. The lowest BCUT2D eigenvalue weighted by atomic mass is 9.84. The van der Waals surface area contributed by atoms with Crippen molar-refractivity contribution in [2.45, 2.75) is 141 Å². The Balaban J connectivity index is 1.42. The molecular weight excluding hydrogens is 702 g/mol. The molecule has 0 aromatic heterocycles. The van der Waals surface area contributed by atoms with E-state index in [1.807, 2.05) is 34.6 Å². The molecule has 0 bridgehead atoms. The number of hydrogen-bond acceptors (Lipinski definition) is 9. The van der Waals surface area contributed by atoms with Gasteiger partial charge in [-0.05, 0) is 56.4 Å². The van der Waals surface area contributed by atoms with Gasteiger partial charge in [-0.25, -0.2) is 0 Å². The van der Waals surface area contributed by atoms with Crippen molar-refractivity contribution in [1.82, 2.24) is 20.9 Å².